The third-order valence-corrected chi connectivity index (χ3v) is 3.45. The number of fused-ring (bicyclic) bond motifs is 1. The SMILES string of the molecule is COc1cc(-c2cc(=O)c3cc(F)ccc3o2)cc(OC)c1O. The summed E-state index contributed by atoms with van der Waals surface area (Å²) in [4.78, 5) is 12.2. The van der Waals surface area contributed by atoms with Crippen LogP contribution in [0.15, 0.2) is 45.6 Å². The van der Waals surface area contributed by atoms with Crippen molar-refractivity contribution in [1.82, 2.24) is 0 Å². The molecule has 0 saturated carbocycles. The van der Waals surface area contributed by atoms with E-state index in [-0.39, 0.29) is 39.4 Å². The zero-order valence-electron chi connectivity index (χ0n) is 12.4. The van der Waals surface area contributed by atoms with Crippen LogP contribution in [0.5, 0.6) is 17.2 Å². The summed E-state index contributed by atoms with van der Waals surface area (Å²) in [5, 5.41) is 10.1. The van der Waals surface area contributed by atoms with Crippen molar-refractivity contribution in [1.29, 1.82) is 0 Å². The van der Waals surface area contributed by atoms with Crippen LogP contribution in [0.1, 0.15) is 0 Å². The number of methoxy groups -OCH3 is 2. The first-order valence-electron chi connectivity index (χ1n) is 6.72. The van der Waals surface area contributed by atoms with E-state index in [1.165, 1.54) is 44.6 Å². The summed E-state index contributed by atoms with van der Waals surface area (Å²) in [5.74, 6) is -0.0393. The molecule has 0 fully saturated rings. The Morgan fingerprint density at radius 1 is 1.04 bits per heavy atom. The van der Waals surface area contributed by atoms with Gasteiger partial charge in [-0.3, -0.25) is 4.79 Å². The molecule has 0 spiro atoms. The van der Waals surface area contributed by atoms with E-state index in [9.17, 15) is 14.3 Å². The molecule has 1 N–H and O–H groups in total. The largest absolute Gasteiger partial charge is 0.502 e. The van der Waals surface area contributed by atoms with Crippen molar-refractivity contribution in [2.75, 3.05) is 14.2 Å². The molecule has 1 aromatic heterocycles. The maximum Gasteiger partial charge on any atom is 0.200 e. The summed E-state index contributed by atoms with van der Waals surface area (Å²) in [6, 6.07) is 8.03. The molecule has 0 radical (unpaired) electrons. The number of hydrogen-bond acceptors (Lipinski definition) is 5. The zero-order chi connectivity index (χ0) is 16.6. The first-order valence-corrected chi connectivity index (χ1v) is 6.72. The molecule has 0 aliphatic rings. The predicted octanol–water partition coefficient (Wildman–Crippen LogP) is 3.32. The molecule has 3 aromatic rings. The fourth-order valence-corrected chi connectivity index (χ4v) is 2.31. The summed E-state index contributed by atoms with van der Waals surface area (Å²) >= 11 is 0. The molecule has 0 unspecified atom stereocenters. The number of phenolic OH excluding ortho intramolecular Hbond substituents is 1. The molecule has 3 rings (SSSR count). The van der Waals surface area contributed by atoms with Crippen molar-refractivity contribution >= 4 is 11.0 Å². The summed E-state index contributed by atoms with van der Waals surface area (Å²) in [6.45, 7) is 0. The average molecular weight is 316 g/mol. The quantitative estimate of drug-likeness (QED) is 0.803. The minimum atomic E-state index is -0.509. The molecule has 6 heteroatoms. The standard InChI is InChI=1S/C17H13FO5/c1-21-15-5-9(6-16(22-2)17(15)20)14-8-12(19)11-7-10(18)3-4-13(11)23-14/h3-8,20H,1-2H3. The van der Waals surface area contributed by atoms with Gasteiger partial charge in [0.2, 0.25) is 5.75 Å². The monoisotopic (exact) mass is 316 g/mol. The molecule has 2 aromatic carbocycles. The Bertz CT molecular complexity index is 920. The van der Waals surface area contributed by atoms with E-state index in [4.69, 9.17) is 13.9 Å². The fourth-order valence-electron chi connectivity index (χ4n) is 2.31. The molecule has 23 heavy (non-hydrogen) atoms. The molecule has 0 aliphatic heterocycles. The molecular weight excluding hydrogens is 303 g/mol. The van der Waals surface area contributed by atoms with Crippen LogP contribution < -0.4 is 14.9 Å². The van der Waals surface area contributed by atoms with E-state index in [0.29, 0.717) is 5.56 Å². The van der Waals surface area contributed by atoms with Gasteiger partial charge in [-0.1, -0.05) is 0 Å². The van der Waals surface area contributed by atoms with Gasteiger partial charge in [0, 0.05) is 11.6 Å². The normalized spacial score (nSPS) is 10.7. The number of hydrogen-bond donors (Lipinski definition) is 1. The van der Waals surface area contributed by atoms with Gasteiger partial charge in [-0.2, -0.15) is 0 Å². The summed E-state index contributed by atoms with van der Waals surface area (Å²) in [7, 11) is 2.80. The molecule has 0 bridgehead atoms. The number of halogens is 1. The topological polar surface area (TPSA) is 68.9 Å². The number of rotatable bonds is 3. The molecule has 0 saturated heterocycles. The van der Waals surface area contributed by atoms with Gasteiger partial charge in [0.25, 0.3) is 0 Å². The van der Waals surface area contributed by atoms with Crippen LogP contribution in [0.3, 0.4) is 0 Å². The van der Waals surface area contributed by atoms with Gasteiger partial charge in [-0.15, -0.1) is 0 Å². The summed E-state index contributed by atoms with van der Waals surface area (Å²) in [5.41, 5.74) is 0.381. The number of benzene rings is 2. The lowest BCUT2D eigenvalue weighted by molar-refractivity contribution is 0.340. The Kier molecular flexibility index (Phi) is 3.65. The minimum Gasteiger partial charge on any atom is -0.502 e. The van der Waals surface area contributed by atoms with Crippen LogP contribution in [0, 0.1) is 5.82 Å². The Balaban J connectivity index is 2.24. The second-order valence-electron chi connectivity index (χ2n) is 4.84. The van der Waals surface area contributed by atoms with Crippen molar-refractivity contribution in [3.8, 4) is 28.6 Å². The van der Waals surface area contributed by atoms with Crippen molar-refractivity contribution in [2.45, 2.75) is 0 Å². The van der Waals surface area contributed by atoms with Gasteiger partial charge in [0.15, 0.2) is 16.9 Å². The molecule has 5 nitrogen and oxygen atoms in total. The Morgan fingerprint density at radius 3 is 2.30 bits per heavy atom. The molecule has 1 heterocycles. The Hall–Kier alpha value is -3.02. The molecule has 0 amide bonds. The van der Waals surface area contributed by atoms with E-state index in [2.05, 4.69) is 0 Å². The van der Waals surface area contributed by atoms with E-state index in [1.807, 2.05) is 0 Å². The highest BCUT2D eigenvalue weighted by atomic mass is 19.1. The molecular formula is C17H13FO5. The highest BCUT2D eigenvalue weighted by Gasteiger charge is 2.15. The van der Waals surface area contributed by atoms with Gasteiger partial charge in [0.1, 0.15) is 17.2 Å². The van der Waals surface area contributed by atoms with Gasteiger partial charge in [-0.25, -0.2) is 4.39 Å². The lowest BCUT2D eigenvalue weighted by Gasteiger charge is -2.11. The van der Waals surface area contributed by atoms with Crippen LogP contribution in [0.25, 0.3) is 22.3 Å². The number of phenols is 1. The van der Waals surface area contributed by atoms with E-state index >= 15 is 0 Å². The van der Waals surface area contributed by atoms with Gasteiger partial charge in [-0.05, 0) is 30.3 Å². The third-order valence-electron chi connectivity index (χ3n) is 3.45. The van der Waals surface area contributed by atoms with Crippen LogP contribution in [0.2, 0.25) is 0 Å². The van der Waals surface area contributed by atoms with Crippen molar-refractivity contribution in [3.63, 3.8) is 0 Å². The Labute approximate surface area is 130 Å². The van der Waals surface area contributed by atoms with E-state index in [0.717, 1.165) is 6.07 Å². The first-order chi connectivity index (χ1) is 11.0. The molecule has 118 valence electrons. The van der Waals surface area contributed by atoms with Gasteiger partial charge < -0.3 is 19.0 Å². The molecule has 0 atom stereocenters. The van der Waals surface area contributed by atoms with E-state index in [1.54, 1.807) is 0 Å². The number of aromatic hydroxyl groups is 1. The lowest BCUT2D eigenvalue weighted by Crippen LogP contribution is -2.01. The second-order valence-corrected chi connectivity index (χ2v) is 4.84. The first kappa shape index (κ1) is 14.9. The smallest absolute Gasteiger partial charge is 0.200 e. The van der Waals surface area contributed by atoms with Gasteiger partial charge in [0.05, 0.1) is 19.6 Å². The highest BCUT2D eigenvalue weighted by molar-refractivity contribution is 5.79. The minimum absolute atomic E-state index is 0.149. The average Bonchev–Trinajstić information content (AvgIpc) is 2.55. The van der Waals surface area contributed by atoms with E-state index < -0.39 is 5.82 Å². The van der Waals surface area contributed by atoms with Crippen LogP contribution >= 0.6 is 0 Å². The van der Waals surface area contributed by atoms with Crippen LogP contribution in [-0.4, -0.2) is 19.3 Å². The lowest BCUT2D eigenvalue weighted by atomic mass is 10.1. The van der Waals surface area contributed by atoms with Crippen molar-refractivity contribution in [3.05, 3.63) is 52.4 Å². The number of ether oxygens (including phenoxy) is 2. The highest BCUT2D eigenvalue weighted by Crippen LogP contribution is 2.40. The predicted molar refractivity (Wildman–Crippen MR) is 82.6 cm³/mol. The maximum absolute atomic E-state index is 13.2. The second kappa shape index (κ2) is 5.64. The zero-order valence-corrected chi connectivity index (χ0v) is 12.4. The molecule has 0 aliphatic carbocycles. The summed E-state index contributed by atoms with van der Waals surface area (Å²) in [6.07, 6.45) is 0. The van der Waals surface area contributed by atoms with Crippen molar-refractivity contribution < 1.29 is 23.4 Å². The van der Waals surface area contributed by atoms with Crippen molar-refractivity contribution in [2.24, 2.45) is 0 Å². The van der Waals surface area contributed by atoms with Gasteiger partial charge >= 0.3 is 0 Å². The van der Waals surface area contributed by atoms with Crippen LogP contribution in [0.4, 0.5) is 4.39 Å². The summed E-state index contributed by atoms with van der Waals surface area (Å²) < 4.78 is 29.1. The third kappa shape index (κ3) is 2.59. The Morgan fingerprint density at radius 2 is 1.70 bits per heavy atom. The van der Waals surface area contributed by atoms with Crippen LogP contribution in [-0.2, 0) is 0 Å². The maximum atomic E-state index is 13.2. The fraction of sp³-hybridized carbons (Fsp3) is 0.118.